The Morgan fingerprint density at radius 3 is 2.64 bits per heavy atom. The Bertz CT molecular complexity index is 380. The van der Waals surface area contributed by atoms with Gasteiger partial charge in [-0.2, -0.15) is 5.26 Å². The standard InChI is InChI=1S/C10H12O.C2H3N/c1-7-8(2)11-10-6-4-3-5-9(7)10;1-2-3/h4,6H,3,5H2,1-2H3;1H3. The van der Waals surface area contributed by atoms with Crippen LogP contribution in [0.1, 0.15) is 36.0 Å². The molecule has 2 nitrogen and oxygen atoms in total. The second-order valence-corrected chi connectivity index (χ2v) is 3.29. The van der Waals surface area contributed by atoms with Gasteiger partial charge in [-0.15, -0.1) is 0 Å². The van der Waals surface area contributed by atoms with Crippen molar-refractivity contribution in [3.63, 3.8) is 0 Å². The summed E-state index contributed by atoms with van der Waals surface area (Å²) in [7, 11) is 0. The third-order valence-electron chi connectivity index (χ3n) is 2.37. The number of allylic oxidation sites excluding steroid dienone is 1. The number of hydrogen-bond donors (Lipinski definition) is 0. The molecule has 1 aliphatic rings. The maximum absolute atomic E-state index is 7.32. The zero-order valence-corrected chi connectivity index (χ0v) is 8.92. The van der Waals surface area contributed by atoms with Gasteiger partial charge >= 0.3 is 0 Å². The number of rotatable bonds is 0. The van der Waals surface area contributed by atoms with Crippen molar-refractivity contribution < 1.29 is 4.42 Å². The maximum atomic E-state index is 7.32. The predicted molar refractivity (Wildman–Crippen MR) is 56.8 cm³/mol. The second kappa shape index (κ2) is 4.66. The van der Waals surface area contributed by atoms with Crippen LogP contribution in [0.15, 0.2) is 10.5 Å². The van der Waals surface area contributed by atoms with Crippen LogP contribution in [0.25, 0.3) is 6.08 Å². The number of nitriles is 1. The minimum Gasteiger partial charge on any atom is -0.461 e. The van der Waals surface area contributed by atoms with E-state index in [2.05, 4.69) is 19.1 Å². The fraction of sp³-hybridized carbons (Fsp3) is 0.417. The molecule has 0 N–H and O–H groups in total. The van der Waals surface area contributed by atoms with Crippen molar-refractivity contribution in [3.05, 3.63) is 28.7 Å². The van der Waals surface area contributed by atoms with Gasteiger partial charge in [-0.3, -0.25) is 0 Å². The van der Waals surface area contributed by atoms with Crippen molar-refractivity contribution in [2.24, 2.45) is 0 Å². The molecule has 1 aromatic rings. The van der Waals surface area contributed by atoms with Gasteiger partial charge in [0, 0.05) is 12.5 Å². The van der Waals surface area contributed by atoms with Crippen molar-refractivity contribution in [2.45, 2.75) is 33.6 Å². The number of furan rings is 1. The van der Waals surface area contributed by atoms with Gasteiger partial charge < -0.3 is 4.42 Å². The first kappa shape index (κ1) is 10.6. The van der Waals surface area contributed by atoms with Crippen LogP contribution in [-0.4, -0.2) is 0 Å². The monoisotopic (exact) mass is 189 g/mol. The van der Waals surface area contributed by atoms with Crippen LogP contribution in [-0.2, 0) is 6.42 Å². The average molecular weight is 189 g/mol. The minimum atomic E-state index is 1.07. The molecule has 0 aliphatic heterocycles. The molecule has 1 aliphatic carbocycles. The number of aryl methyl sites for hydroxylation is 1. The summed E-state index contributed by atoms with van der Waals surface area (Å²) in [6.07, 6.45) is 6.56. The first-order valence-electron chi connectivity index (χ1n) is 4.77. The molecule has 1 aromatic heterocycles. The van der Waals surface area contributed by atoms with Crippen molar-refractivity contribution in [1.29, 1.82) is 5.26 Å². The van der Waals surface area contributed by atoms with Gasteiger partial charge in [0.15, 0.2) is 0 Å². The van der Waals surface area contributed by atoms with E-state index in [4.69, 9.17) is 9.68 Å². The number of nitrogens with zero attached hydrogens (tertiary/aromatic N) is 1. The Labute approximate surface area is 84.8 Å². The topological polar surface area (TPSA) is 36.9 Å². The molecule has 0 unspecified atom stereocenters. The molecular formula is C12H15NO. The van der Waals surface area contributed by atoms with Gasteiger partial charge in [-0.1, -0.05) is 6.08 Å². The summed E-state index contributed by atoms with van der Waals surface area (Å²) >= 11 is 0. The normalized spacial score (nSPS) is 12.4. The Hall–Kier alpha value is -1.49. The third-order valence-corrected chi connectivity index (χ3v) is 2.37. The van der Waals surface area contributed by atoms with E-state index in [9.17, 15) is 0 Å². The van der Waals surface area contributed by atoms with Gasteiger partial charge in [0.05, 0.1) is 6.07 Å². The van der Waals surface area contributed by atoms with Crippen LogP contribution >= 0.6 is 0 Å². The largest absolute Gasteiger partial charge is 0.461 e. The lowest BCUT2D eigenvalue weighted by molar-refractivity contribution is 0.519. The Morgan fingerprint density at radius 1 is 1.43 bits per heavy atom. The van der Waals surface area contributed by atoms with Crippen LogP contribution < -0.4 is 0 Å². The average Bonchev–Trinajstić information content (AvgIpc) is 2.45. The first-order valence-corrected chi connectivity index (χ1v) is 4.77. The van der Waals surface area contributed by atoms with E-state index in [0.29, 0.717) is 0 Å². The highest BCUT2D eigenvalue weighted by molar-refractivity contribution is 5.54. The van der Waals surface area contributed by atoms with Crippen LogP contribution in [0.2, 0.25) is 0 Å². The lowest BCUT2D eigenvalue weighted by Crippen LogP contribution is -1.90. The summed E-state index contributed by atoms with van der Waals surface area (Å²) < 4.78 is 5.55. The van der Waals surface area contributed by atoms with Crippen LogP contribution in [0.3, 0.4) is 0 Å². The Kier molecular flexibility index (Phi) is 3.53. The molecule has 0 saturated carbocycles. The van der Waals surface area contributed by atoms with E-state index in [0.717, 1.165) is 24.4 Å². The number of hydrogen-bond acceptors (Lipinski definition) is 2. The van der Waals surface area contributed by atoms with Gasteiger partial charge in [0.25, 0.3) is 0 Å². The molecule has 0 saturated heterocycles. The summed E-state index contributed by atoms with van der Waals surface area (Å²) in [5.41, 5.74) is 2.74. The van der Waals surface area contributed by atoms with Crippen molar-refractivity contribution in [3.8, 4) is 6.07 Å². The lowest BCUT2D eigenvalue weighted by atomic mass is 10.0. The summed E-state index contributed by atoms with van der Waals surface area (Å²) in [6, 6.07) is 1.75. The molecule has 0 aromatic carbocycles. The molecule has 0 fully saturated rings. The van der Waals surface area contributed by atoms with E-state index in [1.165, 1.54) is 18.1 Å². The van der Waals surface area contributed by atoms with Gasteiger partial charge in [0.1, 0.15) is 11.5 Å². The zero-order chi connectivity index (χ0) is 10.6. The smallest absolute Gasteiger partial charge is 0.130 e. The van der Waals surface area contributed by atoms with Crippen molar-refractivity contribution >= 4 is 6.08 Å². The number of fused-ring (bicyclic) bond motifs is 1. The third kappa shape index (κ3) is 2.05. The Morgan fingerprint density at radius 2 is 2.07 bits per heavy atom. The van der Waals surface area contributed by atoms with Gasteiger partial charge in [-0.25, -0.2) is 0 Å². The highest BCUT2D eigenvalue weighted by atomic mass is 16.3. The molecule has 14 heavy (non-hydrogen) atoms. The Balaban J connectivity index is 0.000000293. The molecule has 0 spiro atoms. The quantitative estimate of drug-likeness (QED) is 0.627. The van der Waals surface area contributed by atoms with E-state index in [-0.39, 0.29) is 0 Å². The first-order chi connectivity index (χ1) is 6.70. The molecular weight excluding hydrogens is 174 g/mol. The van der Waals surface area contributed by atoms with E-state index in [1.54, 1.807) is 6.07 Å². The molecule has 0 atom stereocenters. The predicted octanol–water partition coefficient (Wildman–Crippen LogP) is 3.39. The van der Waals surface area contributed by atoms with Crippen LogP contribution in [0, 0.1) is 25.2 Å². The molecule has 0 bridgehead atoms. The highest BCUT2D eigenvalue weighted by Gasteiger charge is 2.13. The maximum Gasteiger partial charge on any atom is 0.130 e. The van der Waals surface area contributed by atoms with E-state index < -0.39 is 0 Å². The fourth-order valence-corrected chi connectivity index (χ4v) is 1.56. The molecule has 74 valence electrons. The zero-order valence-electron chi connectivity index (χ0n) is 8.92. The van der Waals surface area contributed by atoms with E-state index >= 15 is 0 Å². The molecule has 2 heteroatoms. The van der Waals surface area contributed by atoms with Gasteiger partial charge in [-0.05, 0) is 38.3 Å². The summed E-state index contributed by atoms with van der Waals surface area (Å²) in [6.45, 7) is 5.60. The van der Waals surface area contributed by atoms with Crippen molar-refractivity contribution in [2.75, 3.05) is 0 Å². The molecule has 0 radical (unpaired) electrons. The minimum absolute atomic E-state index is 1.07. The van der Waals surface area contributed by atoms with Gasteiger partial charge in [0.2, 0.25) is 0 Å². The van der Waals surface area contributed by atoms with E-state index in [1.807, 2.05) is 6.92 Å². The second-order valence-electron chi connectivity index (χ2n) is 3.29. The summed E-state index contributed by atoms with van der Waals surface area (Å²) in [4.78, 5) is 0. The molecule has 0 amide bonds. The molecule has 2 rings (SSSR count). The molecule has 1 heterocycles. The SMILES string of the molecule is CC#N.Cc1oc2c(c1C)CCC=C2. The summed E-state index contributed by atoms with van der Waals surface area (Å²) in [5, 5.41) is 7.32. The van der Waals surface area contributed by atoms with Crippen LogP contribution in [0.5, 0.6) is 0 Å². The lowest BCUT2D eigenvalue weighted by Gasteiger charge is -2.02. The highest BCUT2D eigenvalue weighted by Crippen LogP contribution is 2.27. The van der Waals surface area contributed by atoms with Crippen molar-refractivity contribution in [1.82, 2.24) is 0 Å². The summed E-state index contributed by atoms with van der Waals surface area (Å²) in [5.74, 6) is 2.15. The fourth-order valence-electron chi connectivity index (χ4n) is 1.56. The van der Waals surface area contributed by atoms with Crippen LogP contribution in [0.4, 0.5) is 0 Å².